The fourth-order valence-corrected chi connectivity index (χ4v) is 6.03. The smallest absolute Gasteiger partial charge is 0.252 e. The van der Waals surface area contributed by atoms with Crippen molar-refractivity contribution < 1.29 is 8.42 Å². The van der Waals surface area contributed by atoms with E-state index in [4.69, 9.17) is 0 Å². The molecule has 2 aliphatic rings. The average Bonchev–Trinajstić information content (AvgIpc) is 3.18. The first-order valence-electron chi connectivity index (χ1n) is 7.65. The number of aryl methyl sites for hydroxylation is 1. The molecule has 1 atom stereocenters. The summed E-state index contributed by atoms with van der Waals surface area (Å²) in [4.78, 5) is 3.56. The van der Waals surface area contributed by atoms with Crippen LogP contribution in [0, 0.1) is 0 Å². The molecule has 0 saturated carbocycles. The predicted molar refractivity (Wildman–Crippen MR) is 92.6 cm³/mol. The van der Waals surface area contributed by atoms with E-state index in [9.17, 15) is 8.42 Å². The van der Waals surface area contributed by atoms with Crippen molar-refractivity contribution >= 4 is 33.8 Å². The molecule has 2 fully saturated rings. The number of hydrogen-bond acceptors (Lipinski definition) is 5. The minimum atomic E-state index is -3.29. The predicted octanol–water partition coefficient (Wildman–Crippen LogP) is 1.40. The zero-order chi connectivity index (χ0) is 14.9. The molecule has 0 bridgehead atoms. The number of halogens is 1. The highest BCUT2D eigenvalue weighted by atomic mass is 35.5. The van der Waals surface area contributed by atoms with E-state index in [0.717, 1.165) is 43.9 Å². The molecule has 1 aromatic rings. The number of sulfonamides is 1. The molecule has 0 amide bonds. The van der Waals surface area contributed by atoms with Gasteiger partial charge in [-0.1, -0.05) is 6.92 Å². The summed E-state index contributed by atoms with van der Waals surface area (Å²) >= 11 is 1.41. The van der Waals surface area contributed by atoms with Crippen LogP contribution in [0.5, 0.6) is 0 Å². The molecule has 1 N–H and O–H groups in total. The van der Waals surface area contributed by atoms with Gasteiger partial charge in [0.25, 0.3) is 10.0 Å². The molecule has 22 heavy (non-hydrogen) atoms. The average molecular weight is 366 g/mol. The summed E-state index contributed by atoms with van der Waals surface area (Å²) in [5, 5.41) is 3.34. The molecule has 1 aromatic heterocycles. The first kappa shape index (κ1) is 18.2. The monoisotopic (exact) mass is 365 g/mol. The molecule has 126 valence electrons. The topological polar surface area (TPSA) is 52.7 Å². The Morgan fingerprint density at radius 2 is 2.00 bits per heavy atom. The van der Waals surface area contributed by atoms with Gasteiger partial charge in [0.15, 0.2) is 0 Å². The van der Waals surface area contributed by atoms with E-state index in [-0.39, 0.29) is 12.4 Å². The minimum absolute atomic E-state index is 0. The number of rotatable bonds is 4. The molecular weight excluding hydrogens is 342 g/mol. The van der Waals surface area contributed by atoms with Gasteiger partial charge in [0, 0.05) is 50.2 Å². The van der Waals surface area contributed by atoms with Gasteiger partial charge < -0.3 is 5.32 Å². The largest absolute Gasteiger partial charge is 0.314 e. The molecule has 3 heterocycles. The summed E-state index contributed by atoms with van der Waals surface area (Å²) < 4.78 is 27.6. The molecule has 0 spiro atoms. The molecule has 2 saturated heterocycles. The van der Waals surface area contributed by atoms with E-state index in [0.29, 0.717) is 23.3 Å². The van der Waals surface area contributed by atoms with Crippen LogP contribution in [-0.4, -0.2) is 62.9 Å². The molecule has 3 rings (SSSR count). The Bertz CT molecular complexity index is 585. The van der Waals surface area contributed by atoms with Crippen LogP contribution in [0.3, 0.4) is 0 Å². The summed E-state index contributed by atoms with van der Waals surface area (Å²) in [7, 11) is -3.29. The van der Waals surface area contributed by atoms with Gasteiger partial charge in [-0.3, -0.25) is 4.90 Å². The standard InChI is InChI=1S/C14H23N3O2S2.ClH/c1-2-13-3-4-14(20-13)21(18,19)17-8-5-12(11-17)16-9-6-15-7-10-16;/h3-4,12,15H,2,5-11H2,1H3;1H. The van der Waals surface area contributed by atoms with Gasteiger partial charge >= 0.3 is 0 Å². The molecular formula is C14H24ClN3O2S2. The molecule has 8 heteroatoms. The fourth-order valence-electron chi connectivity index (χ4n) is 3.09. The summed E-state index contributed by atoms with van der Waals surface area (Å²) in [5.41, 5.74) is 0. The summed E-state index contributed by atoms with van der Waals surface area (Å²) in [5.74, 6) is 0. The number of hydrogen-bond donors (Lipinski definition) is 1. The Hall–Kier alpha value is -0.180. The molecule has 0 aliphatic carbocycles. The third kappa shape index (κ3) is 3.66. The maximum atomic E-state index is 12.7. The van der Waals surface area contributed by atoms with Gasteiger partial charge in [0.1, 0.15) is 4.21 Å². The van der Waals surface area contributed by atoms with Gasteiger partial charge in [-0.05, 0) is 25.0 Å². The molecule has 2 aliphatic heterocycles. The second-order valence-corrected chi connectivity index (χ2v) is 9.00. The van der Waals surface area contributed by atoms with Crippen molar-refractivity contribution in [3.8, 4) is 0 Å². The maximum Gasteiger partial charge on any atom is 0.252 e. The fraction of sp³-hybridized carbons (Fsp3) is 0.714. The van der Waals surface area contributed by atoms with Crippen molar-refractivity contribution in [1.82, 2.24) is 14.5 Å². The van der Waals surface area contributed by atoms with Crippen LogP contribution in [0.15, 0.2) is 16.3 Å². The Kier molecular flexibility index (Phi) is 6.27. The molecule has 0 radical (unpaired) electrons. The number of nitrogens with zero attached hydrogens (tertiary/aromatic N) is 2. The lowest BCUT2D eigenvalue weighted by atomic mass is 10.2. The highest BCUT2D eigenvalue weighted by Crippen LogP contribution is 2.28. The van der Waals surface area contributed by atoms with Crippen molar-refractivity contribution in [2.24, 2.45) is 0 Å². The Morgan fingerprint density at radius 3 is 2.64 bits per heavy atom. The molecule has 5 nitrogen and oxygen atoms in total. The summed E-state index contributed by atoms with van der Waals surface area (Å²) in [6.45, 7) is 7.41. The Morgan fingerprint density at radius 1 is 1.27 bits per heavy atom. The summed E-state index contributed by atoms with van der Waals surface area (Å²) in [6, 6.07) is 4.07. The van der Waals surface area contributed by atoms with E-state index >= 15 is 0 Å². The van der Waals surface area contributed by atoms with E-state index < -0.39 is 10.0 Å². The van der Waals surface area contributed by atoms with Crippen LogP contribution in [0.1, 0.15) is 18.2 Å². The van der Waals surface area contributed by atoms with Crippen molar-refractivity contribution in [2.45, 2.75) is 30.0 Å². The van der Waals surface area contributed by atoms with Gasteiger partial charge in [-0.25, -0.2) is 8.42 Å². The third-order valence-electron chi connectivity index (χ3n) is 4.37. The van der Waals surface area contributed by atoms with Crippen molar-refractivity contribution in [2.75, 3.05) is 39.3 Å². The second kappa shape index (κ2) is 7.59. The number of piperazine rings is 1. The normalized spacial score (nSPS) is 24.3. The minimum Gasteiger partial charge on any atom is -0.314 e. The molecule has 1 unspecified atom stereocenters. The van der Waals surface area contributed by atoms with Crippen molar-refractivity contribution in [3.63, 3.8) is 0 Å². The van der Waals surface area contributed by atoms with Crippen LogP contribution in [0.2, 0.25) is 0 Å². The lowest BCUT2D eigenvalue weighted by Crippen LogP contribution is -2.49. The van der Waals surface area contributed by atoms with Gasteiger partial charge in [0.05, 0.1) is 0 Å². The zero-order valence-corrected chi connectivity index (χ0v) is 15.3. The van der Waals surface area contributed by atoms with Gasteiger partial charge in [-0.15, -0.1) is 23.7 Å². The van der Waals surface area contributed by atoms with Crippen LogP contribution < -0.4 is 5.32 Å². The maximum absolute atomic E-state index is 12.7. The quantitative estimate of drug-likeness (QED) is 0.876. The number of nitrogens with one attached hydrogen (secondary N) is 1. The van der Waals surface area contributed by atoms with Gasteiger partial charge in [-0.2, -0.15) is 4.31 Å². The third-order valence-corrected chi connectivity index (χ3v) is 7.94. The van der Waals surface area contributed by atoms with Crippen LogP contribution in [0.25, 0.3) is 0 Å². The van der Waals surface area contributed by atoms with E-state index in [2.05, 4.69) is 17.1 Å². The SMILES string of the molecule is CCc1ccc(S(=O)(=O)N2CCC(N3CCNCC3)C2)s1.Cl. The highest BCUT2D eigenvalue weighted by molar-refractivity contribution is 7.91. The highest BCUT2D eigenvalue weighted by Gasteiger charge is 2.36. The van der Waals surface area contributed by atoms with Crippen molar-refractivity contribution in [1.29, 1.82) is 0 Å². The first-order chi connectivity index (χ1) is 10.1. The Balaban J connectivity index is 0.00000176. The number of thiophene rings is 1. The Labute approximate surface area is 143 Å². The lowest BCUT2D eigenvalue weighted by Gasteiger charge is -2.32. The van der Waals surface area contributed by atoms with E-state index in [1.165, 1.54) is 11.3 Å². The van der Waals surface area contributed by atoms with E-state index in [1.54, 1.807) is 10.4 Å². The first-order valence-corrected chi connectivity index (χ1v) is 9.90. The van der Waals surface area contributed by atoms with Gasteiger partial charge in [0.2, 0.25) is 0 Å². The summed E-state index contributed by atoms with van der Waals surface area (Å²) in [6.07, 6.45) is 1.84. The zero-order valence-electron chi connectivity index (χ0n) is 12.8. The van der Waals surface area contributed by atoms with Crippen LogP contribution in [-0.2, 0) is 16.4 Å². The molecule has 0 aromatic carbocycles. The second-order valence-electron chi connectivity index (χ2n) is 5.67. The lowest BCUT2D eigenvalue weighted by molar-refractivity contribution is 0.179. The van der Waals surface area contributed by atoms with Crippen molar-refractivity contribution in [3.05, 3.63) is 17.0 Å². The van der Waals surface area contributed by atoms with E-state index in [1.807, 2.05) is 6.07 Å². The van der Waals surface area contributed by atoms with Crippen LogP contribution >= 0.6 is 23.7 Å². The van der Waals surface area contributed by atoms with Crippen LogP contribution in [0.4, 0.5) is 0 Å².